The van der Waals surface area contributed by atoms with Crippen molar-refractivity contribution in [3.05, 3.63) is 68.1 Å². The fraction of sp³-hybridized carbons (Fsp3) is 0.458. The number of hydrogen-bond acceptors (Lipinski definition) is 4. The lowest BCUT2D eigenvalue weighted by Gasteiger charge is -2.33. The van der Waals surface area contributed by atoms with Gasteiger partial charge in [0.15, 0.2) is 0 Å². The number of amides is 2. The Bertz CT molecular complexity index is 1050. The Morgan fingerprint density at radius 1 is 1.19 bits per heavy atom. The summed E-state index contributed by atoms with van der Waals surface area (Å²) in [7, 11) is 0. The van der Waals surface area contributed by atoms with Crippen LogP contribution in [0.25, 0.3) is 0 Å². The Morgan fingerprint density at radius 3 is 2.71 bits per heavy atom. The minimum Gasteiger partial charge on any atom is -0.381 e. The third kappa shape index (κ3) is 4.56. The van der Waals surface area contributed by atoms with E-state index in [4.69, 9.17) is 4.74 Å². The number of aromatic amines is 1. The predicted octanol–water partition coefficient (Wildman–Crippen LogP) is 2.23. The molecule has 0 bridgehead atoms. The zero-order valence-corrected chi connectivity index (χ0v) is 18.1. The summed E-state index contributed by atoms with van der Waals surface area (Å²) in [6.45, 7) is 6.62. The van der Waals surface area contributed by atoms with E-state index >= 15 is 0 Å². The summed E-state index contributed by atoms with van der Waals surface area (Å²) in [5.41, 5.74) is 4.71. The van der Waals surface area contributed by atoms with Crippen LogP contribution in [0.4, 0.5) is 0 Å². The zero-order chi connectivity index (χ0) is 22.0. The molecule has 0 radical (unpaired) electrons. The number of fused-ring (bicyclic) bond motifs is 1. The van der Waals surface area contributed by atoms with E-state index in [1.807, 2.05) is 36.9 Å². The molecule has 7 nitrogen and oxygen atoms in total. The second kappa shape index (κ2) is 9.06. The van der Waals surface area contributed by atoms with Gasteiger partial charge in [-0.15, -0.1) is 0 Å². The van der Waals surface area contributed by atoms with Crippen molar-refractivity contribution in [3.8, 4) is 0 Å². The van der Waals surface area contributed by atoms with Gasteiger partial charge in [0.2, 0.25) is 5.91 Å². The number of aromatic nitrogens is 1. The number of pyridine rings is 1. The van der Waals surface area contributed by atoms with E-state index in [0.717, 1.165) is 35.1 Å². The van der Waals surface area contributed by atoms with Crippen molar-refractivity contribution in [1.82, 2.24) is 15.2 Å². The monoisotopic (exact) mass is 423 g/mol. The van der Waals surface area contributed by atoms with Gasteiger partial charge in [0.25, 0.3) is 11.5 Å². The van der Waals surface area contributed by atoms with Crippen LogP contribution < -0.4 is 10.9 Å². The largest absolute Gasteiger partial charge is 0.381 e. The first-order chi connectivity index (χ1) is 14.9. The molecule has 0 spiro atoms. The number of benzene rings is 1. The van der Waals surface area contributed by atoms with Gasteiger partial charge in [0.1, 0.15) is 5.56 Å². The summed E-state index contributed by atoms with van der Waals surface area (Å²) in [6, 6.07) is 6.05. The van der Waals surface area contributed by atoms with E-state index in [1.165, 1.54) is 5.56 Å². The first kappa shape index (κ1) is 21.3. The summed E-state index contributed by atoms with van der Waals surface area (Å²) in [5, 5.41) is 2.89. The van der Waals surface area contributed by atoms with Gasteiger partial charge in [-0.1, -0.05) is 18.2 Å². The number of nitrogens with zero attached hydrogens (tertiary/aromatic N) is 1. The van der Waals surface area contributed by atoms with Crippen molar-refractivity contribution in [2.24, 2.45) is 5.92 Å². The molecule has 2 N–H and O–H groups in total. The molecule has 1 aromatic carbocycles. The second-order valence-corrected chi connectivity index (χ2v) is 8.49. The van der Waals surface area contributed by atoms with Crippen molar-refractivity contribution >= 4 is 11.8 Å². The summed E-state index contributed by atoms with van der Waals surface area (Å²) in [4.78, 5) is 42.8. The Kier molecular flexibility index (Phi) is 6.23. The van der Waals surface area contributed by atoms with Gasteiger partial charge in [-0.05, 0) is 60.9 Å². The number of nitrogens with one attached hydrogen (secondary N) is 2. The average molecular weight is 424 g/mol. The first-order valence-electron chi connectivity index (χ1n) is 10.9. The maximum Gasteiger partial charge on any atom is 0.261 e. The summed E-state index contributed by atoms with van der Waals surface area (Å²) >= 11 is 0. The van der Waals surface area contributed by atoms with Crippen molar-refractivity contribution < 1.29 is 14.3 Å². The van der Waals surface area contributed by atoms with Crippen LogP contribution in [0.1, 0.15) is 51.0 Å². The van der Waals surface area contributed by atoms with Gasteiger partial charge < -0.3 is 19.9 Å². The second-order valence-electron chi connectivity index (χ2n) is 8.49. The van der Waals surface area contributed by atoms with Crippen molar-refractivity contribution in [3.63, 3.8) is 0 Å². The molecular formula is C24H29N3O4. The van der Waals surface area contributed by atoms with Gasteiger partial charge in [-0.25, -0.2) is 0 Å². The molecule has 0 saturated carbocycles. The van der Waals surface area contributed by atoms with Crippen molar-refractivity contribution in [2.45, 2.75) is 46.2 Å². The molecule has 0 atom stereocenters. The summed E-state index contributed by atoms with van der Waals surface area (Å²) < 4.78 is 5.36. The molecule has 4 rings (SSSR count). The lowest BCUT2D eigenvalue weighted by Crippen LogP contribution is -2.43. The lowest BCUT2D eigenvalue weighted by atomic mass is 9.93. The number of rotatable bonds is 4. The van der Waals surface area contributed by atoms with Gasteiger partial charge >= 0.3 is 0 Å². The maximum absolute atomic E-state index is 12.9. The molecule has 31 heavy (non-hydrogen) atoms. The van der Waals surface area contributed by atoms with E-state index < -0.39 is 0 Å². The lowest BCUT2D eigenvalue weighted by molar-refractivity contribution is -0.139. The predicted molar refractivity (Wildman–Crippen MR) is 117 cm³/mol. The standard InChI is InChI=1S/C24H29N3O4/c1-15-3-4-17(11-16(15)2)12-25-22(28)21-20-5-8-27(14-19(20)13-26-23(21)29)24(30)18-6-9-31-10-7-18/h3-4,11,13,18H,5-10,12,14H2,1-2H3,(H,25,28)(H,26,29). The summed E-state index contributed by atoms with van der Waals surface area (Å²) in [5.74, 6) is -0.236. The number of carbonyl (C=O) groups is 2. The third-order valence-electron chi connectivity index (χ3n) is 6.42. The van der Waals surface area contributed by atoms with Crippen LogP contribution in [0.5, 0.6) is 0 Å². The molecule has 2 aromatic rings. The molecule has 164 valence electrons. The molecule has 0 unspecified atom stereocenters. The molecule has 1 saturated heterocycles. The van der Waals surface area contributed by atoms with Crippen molar-refractivity contribution in [1.29, 1.82) is 0 Å². The Hall–Kier alpha value is -2.93. The molecule has 0 aliphatic carbocycles. The normalized spacial score (nSPS) is 16.6. The number of aryl methyl sites for hydroxylation is 2. The van der Waals surface area contributed by atoms with Crippen LogP contribution in [-0.2, 0) is 29.0 Å². The zero-order valence-electron chi connectivity index (χ0n) is 18.1. The van der Waals surface area contributed by atoms with Crippen LogP contribution in [-0.4, -0.2) is 41.5 Å². The Morgan fingerprint density at radius 2 is 1.97 bits per heavy atom. The number of carbonyl (C=O) groups excluding carboxylic acids is 2. The smallest absolute Gasteiger partial charge is 0.261 e. The fourth-order valence-corrected chi connectivity index (χ4v) is 4.38. The van der Waals surface area contributed by atoms with Crippen LogP contribution in [0, 0.1) is 19.8 Å². The minimum absolute atomic E-state index is 0.00111. The van der Waals surface area contributed by atoms with Crippen LogP contribution >= 0.6 is 0 Å². The first-order valence-corrected chi connectivity index (χ1v) is 10.9. The van der Waals surface area contributed by atoms with E-state index in [1.54, 1.807) is 6.20 Å². The number of H-pyrrole nitrogens is 1. The SMILES string of the molecule is Cc1ccc(CNC(=O)c2c3c(c[nH]c2=O)CN(C(=O)C2CCOCC2)CC3)cc1C. The van der Waals surface area contributed by atoms with Gasteiger partial charge in [0, 0.05) is 45.0 Å². The Labute approximate surface area is 181 Å². The highest BCUT2D eigenvalue weighted by Crippen LogP contribution is 2.24. The highest BCUT2D eigenvalue weighted by molar-refractivity contribution is 5.95. The molecule has 1 fully saturated rings. The fourth-order valence-electron chi connectivity index (χ4n) is 4.38. The highest BCUT2D eigenvalue weighted by atomic mass is 16.5. The van der Waals surface area contributed by atoms with E-state index in [-0.39, 0.29) is 28.9 Å². The highest BCUT2D eigenvalue weighted by Gasteiger charge is 2.31. The average Bonchev–Trinajstić information content (AvgIpc) is 2.79. The molecule has 2 aliphatic heterocycles. The summed E-state index contributed by atoms with van der Waals surface area (Å²) in [6.07, 6.45) is 3.64. The molecule has 7 heteroatoms. The van der Waals surface area contributed by atoms with E-state index in [0.29, 0.717) is 39.3 Å². The Balaban J connectivity index is 1.48. The van der Waals surface area contributed by atoms with Crippen LogP contribution in [0.15, 0.2) is 29.2 Å². The molecule has 1 aromatic heterocycles. The molecule has 3 heterocycles. The van der Waals surface area contributed by atoms with Crippen LogP contribution in [0.3, 0.4) is 0 Å². The third-order valence-corrected chi connectivity index (χ3v) is 6.42. The molecular weight excluding hydrogens is 394 g/mol. The quantitative estimate of drug-likeness (QED) is 0.789. The number of ether oxygens (including phenoxy) is 1. The molecule has 2 amide bonds. The van der Waals surface area contributed by atoms with Crippen LogP contribution in [0.2, 0.25) is 0 Å². The maximum atomic E-state index is 12.9. The topological polar surface area (TPSA) is 91.5 Å². The van der Waals surface area contributed by atoms with E-state index in [2.05, 4.69) is 10.3 Å². The minimum atomic E-state index is -0.388. The van der Waals surface area contributed by atoms with E-state index in [9.17, 15) is 14.4 Å². The number of hydrogen-bond donors (Lipinski definition) is 2. The molecule has 2 aliphatic rings. The van der Waals surface area contributed by atoms with Gasteiger partial charge in [-0.2, -0.15) is 0 Å². The van der Waals surface area contributed by atoms with Gasteiger partial charge in [0.05, 0.1) is 0 Å². The van der Waals surface area contributed by atoms with Crippen molar-refractivity contribution in [2.75, 3.05) is 19.8 Å². The van der Waals surface area contributed by atoms with Gasteiger partial charge in [-0.3, -0.25) is 14.4 Å².